The van der Waals surface area contributed by atoms with Gasteiger partial charge >= 0.3 is 0 Å². The van der Waals surface area contributed by atoms with Gasteiger partial charge in [-0.1, -0.05) is 13.3 Å². The highest BCUT2D eigenvalue weighted by molar-refractivity contribution is 5.44. The lowest BCUT2D eigenvalue weighted by molar-refractivity contribution is 0.484. The Morgan fingerprint density at radius 1 is 1.30 bits per heavy atom. The topological polar surface area (TPSA) is 55.1 Å². The highest BCUT2D eigenvalue weighted by Gasteiger charge is 2.41. The van der Waals surface area contributed by atoms with Gasteiger partial charge in [0.2, 0.25) is 0 Å². The van der Waals surface area contributed by atoms with Gasteiger partial charge in [0, 0.05) is 12.5 Å². The van der Waals surface area contributed by atoms with Crippen LogP contribution in [0.1, 0.15) is 57.2 Å². The predicted octanol–water partition coefficient (Wildman–Crippen LogP) is 2.99. The first-order chi connectivity index (χ1) is 9.80. The number of nitrogens with zero attached hydrogens (tertiary/aromatic N) is 4. The Morgan fingerprint density at radius 2 is 2.15 bits per heavy atom. The van der Waals surface area contributed by atoms with Crippen LogP contribution in [0.4, 0.5) is 5.82 Å². The van der Waals surface area contributed by atoms with Gasteiger partial charge in [-0.05, 0) is 49.7 Å². The van der Waals surface area contributed by atoms with Gasteiger partial charge in [-0.3, -0.25) is 0 Å². The molecule has 5 heteroatoms. The molecule has 5 nitrogen and oxygen atoms in total. The van der Waals surface area contributed by atoms with Crippen LogP contribution in [-0.4, -0.2) is 26.4 Å². The monoisotopic (exact) mass is 271 g/mol. The molecule has 0 saturated heterocycles. The van der Waals surface area contributed by atoms with Crippen LogP contribution in [0.2, 0.25) is 0 Å². The smallest absolute Gasteiger partial charge is 0.178 e. The Labute approximate surface area is 118 Å². The summed E-state index contributed by atoms with van der Waals surface area (Å²) in [6, 6.07) is 4.02. The fraction of sp³-hybridized carbons (Fsp3) is 0.667. The Hall–Kier alpha value is -1.65. The van der Waals surface area contributed by atoms with E-state index < -0.39 is 0 Å². The zero-order valence-corrected chi connectivity index (χ0v) is 12.0. The summed E-state index contributed by atoms with van der Waals surface area (Å²) in [6.45, 7) is 3.31. The van der Waals surface area contributed by atoms with Crippen LogP contribution in [0.3, 0.4) is 0 Å². The average molecular weight is 271 g/mol. The van der Waals surface area contributed by atoms with E-state index in [1.54, 1.807) is 0 Å². The van der Waals surface area contributed by atoms with Crippen LogP contribution in [-0.2, 0) is 0 Å². The minimum atomic E-state index is 0.540. The van der Waals surface area contributed by atoms with Crippen molar-refractivity contribution in [3.8, 4) is 0 Å². The van der Waals surface area contributed by atoms with Gasteiger partial charge in [-0.15, -0.1) is 15.3 Å². The molecule has 2 heterocycles. The molecule has 2 aliphatic rings. The summed E-state index contributed by atoms with van der Waals surface area (Å²) in [6.07, 6.45) is 7.75. The van der Waals surface area contributed by atoms with Crippen molar-refractivity contribution < 1.29 is 0 Å². The largest absolute Gasteiger partial charge is 0.368 e. The molecule has 2 aliphatic carbocycles. The number of hydrogen-bond donors (Lipinski definition) is 1. The van der Waals surface area contributed by atoms with Crippen LogP contribution in [0.25, 0.3) is 5.65 Å². The van der Waals surface area contributed by atoms with Crippen LogP contribution < -0.4 is 5.32 Å². The number of fused-ring (bicyclic) bond motifs is 1. The van der Waals surface area contributed by atoms with Crippen molar-refractivity contribution in [2.24, 2.45) is 5.41 Å². The number of hydrogen-bond acceptors (Lipinski definition) is 4. The maximum atomic E-state index is 4.67. The van der Waals surface area contributed by atoms with E-state index in [9.17, 15) is 0 Å². The fourth-order valence-electron chi connectivity index (χ4n) is 3.00. The van der Waals surface area contributed by atoms with Gasteiger partial charge in [0.25, 0.3) is 0 Å². The van der Waals surface area contributed by atoms with E-state index in [0.29, 0.717) is 11.3 Å². The summed E-state index contributed by atoms with van der Waals surface area (Å²) in [7, 11) is 0. The van der Waals surface area contributed by atoms with Crippen molar-refractivity contribution in [1.82, 2.24) is 19.8 Å². The summed E-state index contributed by atoms with van der Waals surface area (Å²) in [4.78, 5) is 0. The lowest BCUT2D eigenvalue weighted by Crippen LogP contribution is -2.16. The van der Waals surface area contributed by atoms with E-state index in [1.807, 2.05) is 16.6 Å². The van der Waals surface area contributed by atoms with Crippen molar-refractivity contribution in [2.45, 2.75) is 51.4 Å². The number of anilines is 1. The molecule has 0 aromatic carbocycles. The normalized spacial score (nSPS) is 20.2. The Balaban J connectivity index is 1.53. The summed E-state index contributed by atoms with van der Waals surface area (Å²) in [5.41, 5.74) is 1.39. The lowest BCUT2D eigenvalue weighted by Gasteiger charge is -2.15. The first-order valence-corrected chi connectivity index (χ1v) is 7.76. The maximum Gasteiger partial charge on any atom is 0.178 e. The molecule has 1 N–H and O–H groups in total. The third-order valence-electron chi connectivity index (χ3n) is 4.61. The second kappa shape index (κ2) is 4.43. The van der Waals surface area contributed by atoms with Crippen LogP contribution in [0.15, 0.2) is 12.1 Å². The molecule has 0 radical (unpaired) electrons. The van der Waals surface area contributed by atoms with Gasteiger partial charge in [-0.2, -0.15) is 4.52 Å². The zero-order valence-electron chi connectivity index (χ0n) is 12.0. The van der Waals surface area contributed by atoms with E-state index in [1.165, 1.54) is 38.5 Å². The number of rotatable bonds is 6. The molecule has 0 bridgehead atoms. The molecule has 20 heavy (non-hydrogen) atoms. The SMILES string of the molecule is CCCC1(CNc2ccc3nnc(C4CC4)n3n2)CC1. The zero-order chi connectivity index (χ0) is 13.6. The van der Waals surface area contributed by atoms with E-state index >= 15 is 0 Å². The number of nitrogens with one attached hydrogen (secondary N) is 1. The predicted molar refractivity (Wildman–Crippen MR) is 77.8 cm³/mol. The van der Waals surface area contributed by atoms with E-state index in [0.717, 1.165) is 23.8 Å². The van der Waals surface area contributed by atoms with Crippen molar-refractivity contribution in [2.75, 3.05) is 11.9 Å². The first kappa shape index (κ1) is 12.1. The average Bonchev–Trinajstić information content (AvgIpc) is 3.38. The molecule has 0 atom stereocenters. The van der Waals surface area contributed by atoms with Crippen molar-refractivity contribution >= 4 is 11.5 Å². The molecule has 4 rings (SSSR count). The standard InChI is InChI=1S/C15H21N5/c1-2-7-15(8-9-15)10-16-12-5-6-13-17-18-14(11-3-4-11)20(13)19-12/h5-6,11H,2-4,7-10H2,1H3,(H,16,19). The first-order valence-electron chi connectivity index (χ1n) is 7.76. The van der Waals surface area contributed by atoms with Crippen molar-refractivity contribution in [3.05, 3.63) is 18.0 Å². The quantitative estimate of drug-likeness (QED) is 0.877. The fourth-order valence-corrected chi connectivity index (χ4v) is 3.00. The highest BCUT2D eigenvalue weighted by Crippen LogP contribution is 2.49. The second-order valence-corrected chi connectivity index (χ2v) is 6.42. The maximum absolute atomic E-state index is 4.67. The highest BCUT2D eigenvalue weighted by atomic mass is 15.4. The molecule has 0 spiro atoms. The Morgan fingerprint density at radius 3 is 2.85 bits per heavy atom. The van der Waals surface area contributed by atoms with Crippen molar-refractivity contribution in [3.63, 3.8) is 0 Å². The molecule has 0 amide bonds. The Bertz CT molecular complexity index is 624. The minimum absolute atomic E-state index is 0.540. The third-order valence-corrected chi connectivity index (χ3v) is 4.61. The van der Waals surface area contributed by atoms with Gasteiger partial charge in [-0.25, -0.2) is 0 Å². The molecule has 0 unspecified atom stereocenters. The van der Waals surface area contributed by atoms with E-state index in [4.69, 9.17) is 0 Å². The molecular formula is C15H21N5. The molecule has 106 valence electrons. The molecule has 2 saturated carbocycles. The van der Waals surface area contributed by atoms with E-state index in [-0.39, 0.29) is 0 Å². The van der Waals surface area contributed by atoms with Gasteiger partial charge < -0.3 is 5.32 Å². The molecule has 2 aromatic heterocycles. The van der Waals surface area contributed by atoms with Gasteiger partial charge in [0.05, 0.1) is 0 Å². The molecular weight excluding hydrogens is 250 g/mol. The third kappa shape index (κ3) is 2.15. The molecule has 2 aromatic rings. The molecule has 0 aliphatic heterocycles. The molecule has 2 fully saturated rings. The minimum Gasteiger partial charge on any atom is -0.368 e. The van der Waals surface area contributed by atoms with E-state index in [2.05, 4.69) is 27.5 Å². The van der Waals surface area contributed by atoms with Gasteiger partial charge in [0.1, 0.15) is 5.82 Å². The lowest BCUT2D eigenvalue weighted by atomic mass is 10.0. The summed E-state index contributed by atoms with van der Waals surface area (Å²) < 4.78 is 1.92. The van der Waals surface area contributed by atoms with Crippen LogP contribution in [0, 0.1) is 5.41 Å². The summed E-state index contributed by atoms with van der Waals surface area (Å²) >= 11 is 0. The summed E-state index contributed by atoms with van der Waals surface area (Å²) in [5.74, 6) is 2.54. The van der Waals surface area contributed by atoms with Gasteiger partial charge in [0.15, 0.2) is 11.5 Å². The van der Waals surface area contributed by atoms with Crippen molar-refractivity contribution in [1.29, 1.82) is 0 Å². The summed E-state index contributed by atoms with van der Waals surface area (Å²) in [5, 5.41) is 16.6. The Kier molecular flexibility index (Phi) is 2.69. The van der Waals surface area contributed by atoms with Crippen LogP contribution >= 0.6 is 0 Å². The van der Waals surface area contributed by atoms with Crippen LogP contribution in [0.5, 0.6) is 0 Å². The second-order valence-electron chi connectivity index (χ2n) is 6.42. The number of aromatic nitrogens is 4.